The molecule has 122 valence electrons. The largest absolute Gasteiger partial charge is 0.293 e. The lowest BCUT2D eigenvalue weighted by atomic mass is 10.1. The van der Waals surface area contributed by atoms with Crippen LogP contribution < -0.4 is 0 Å². The van der Waals surface area contributed by atoms with Crippen molar-refractivity contribution in [3.05, 3.63) is 74.4 Å². The molecule has 6 heteroatoms. The van der Waals surface area contributed by atoms with Crippen LogP contribution in [0.5, 0.6) is 0 Å². The zero-order valence-electron chi connectivity index (χ0n) is 12.8. The number of benzene rings is 2. The zero-order valence-corrected chi connectivity index (χ0v) is 15.2. The maximum atomic E-state index is 13.3. The second kappa shape index (κ2) is 6.91. The van der Waals surface area contributed by atoms with Gasteiger partial charge < -0.3 is 0 Å². The number of carbonyl (C=O) groups excluding carboxylic acids is 2. The molecule has 0 bridgehead atoms. The summed E-state index contributed by atoms with van der Waals surface area (Å²) in [6, 6.07) is 12.1. The number of aryl methyl sites for hydroxylation is 1. The average Bonchev–Trinajstić information content (AvgIpc) is 2.79. The summed E-state index contributed by atoms with van der Waals surface area (Å²) in [4.78, 5) is 26.2. The third kappa shape index (κ3) is 3.60. The molecule has 0 radical (unpaired) electrons. The predicted molar refractivity (Wildman–Crippen MR) is 96.8 cm³/mol. The van der Waals surface area contributed by atoms with E-state index in [4.69, 9.17) is 0 Å². The molecule has 1 aliphatic rings. The van der Waals surface area contributed by atoms with Gasteiger partial charge in [0.2, 0.25) is 0 Å². The molecule has 1 aliphatic heterocycles. The lowest BCUT2D eigenvalue weighted by molar-refractivity contribution is -0.123. The van der Waals surface area contributed by atoms with Crippen LogP contribution in [-0.4, -0.2) is 16.0 Å². The van der Waals surface area contributed by atoms with Crippen molar-refractivity contribution in [1.82, 2.24) is 4.90 Å². The van der Waals surface area contributed by atoms with Gasteiger partial charge in [-0.15, -0.1) is 0 Å². The highest BCUT2D eigenvalue weighted by atomic mass is 79.9. The molecule has 0 atom stereocenters. The Kier molecular flexibility index (Phi) is 4.87. The minimum atomic E-state index is -0.375. The van der Waals surface area contributed by atoms with Crippen molar-refractivity contribution in [1.29, 1.82) is 0 Å². The Bertz CT molecular complexity index is 866. The highest BCUT2D eigenvalue weighted by Crippen LogP contribution is 2.33. The van der Waals surface area contributed by atoms with Crippen molar-refractivity contribution >= 4 is 44.9 Å². The molecule has 1 saturated heterocycles. The topological polar surface area (TPSA) is 37.4 Å². The van der Waals surface area contributed by atoms with Crippen LogP contribution in [0.4, 0.5) is 9.18 Å². The van der Waals surface area contributed by atoms with Crippen LogP contribution in [0.2, 0.25) is 0 Å². The number of carbonyl (C=O) groups is 2. The van der Waals surface area contributed by atoms with Gasteiger partial charge in [0.15, 0.2) is 0 Å². The lowest BCUT2D eigenvalue weighted by Gasteiger charge is -2.12. The Morgan fingerprint density at radius 1 is 1.21 bits per heavy atom. The van der Waals surface area contributed by atoms with E-state index in [1.807, 2.05) is 31.2 Å². The summed E-state index contributed by atoms with van der Waals surface area (Å²) >= 11 is 4.01. The van der Waals surface area contributed by atoms with Gasteiger partial charge in [-0.2, -0.15) is 0 Å². The monoisotopic (exact) mass is 405 g/mol. The molecule has 1 heterocycles. The summed E-state index contributed by atoms with van der Waals surface area (Å²) in [7, 11) is 0. The first kappa shape index (κ1) is 16.9. The molecule has 0 saturated carbocycles. The SMILES string of the molecule is Cc1cccc(CN2C(=O)S/C(=C/c3ccc(F)c(Br)c3)C2=O)c1. The quantitative estimate of drug-likeness (QED) is 0.663. The van der Waals surface area contributed by atoms with Gasteiger partial charge in [-0.3, -0.25) is 14.5 Å². The van der Waals surface area contributed by atoms with E-state index >= 15 is 0 Å². The summed E-state index contributed by atoms with van der Waals surface area (Å²) in [5, 5.41) is -0.297. The lowest BCUT2D eigenvalue weighted by Crippen LogP contribution is -2.27. The van der Waals surface area contributed by atoms with E-state index in [1.165, 1.54) is 11.0 Å². The zero-order chi connectivity index (χ0) is 17.3. The number of imide groups is 1. The molecule has 0 aliphatic carbocycles. The molecular formula is C18H13BrFNO2S. The number of thioether (sulfide) groups is 1. The van der Waals surface area contributed by atoms with Crippen LogP contribution >= 0.6 is 27.7 Å². The van der Waals surface area contributed by atoms with Crippen molar-refractivity contribution < 1.29 is 14.0 Å². The third-order valence-corrected chi connectivity index (χ3v) is 5.05. The Morgan fingerprint density at radius 2 is 2.00 bits per heavy atom. The smallest absolute Gasteiger partial charge is 0.268 e. The van der Waals surface area contributed by atoms with Crippen molar-refractivity contribution in [2.45, 2.75) is 13.5 Å². The van der Waals surface area contributed by atoms with Crippen molar-refractivity contribution in [3.63, 3.8) is 0 Å². The van der Waals surface area contributed by atoms with Crippen LogP contribution in [0, 0.1) is 12.7 Å². The summed E-state index contributed by atoms with van der Waals surface area (Å²) < 4.78 is 13.6. The maximum Gasteiger partial charge on any atom is 0.293 e. The minimum absolute atomic E-state index is 0.247. The second-order valence-corrected chi connectivity index (χ2v) is 7.28. The van der Waals surface area contributed by atoms with Crippen LogP contribution in [-0.2, 0) is 11.3 Å². The van der Waals surface area contributed by atoms with E-state index in [0.717, 1.165) is 22.9 Å². The average molecular weight is 406 g/mol. The molecule has 2 aromatic carbocycles. The fourth-order valence-electron chi connectivity index (χ4n) is 2.38. The van der Waals surface area contributed by atoms with Crippen LogP contribution in [0.15, 0.2) is 51.8 Å². The summed E-state index contributed by atoms with van der Waals surface area (Å²) in [6.45, 7) is 2.21. The Balaban J connectivity index is 1.83. The van der Waals surface area contributed by atoms with E-state index in [0.29, 0.717) is 14.9 Å². The third-order valence-electron chi connectivity index (χ3n) is 3.54. The standard InChI is InChI=1S/C18H13BrFNO2S/c1-11-3-2-4-13(7-11)10-21-17(22)16(24-18(21)23)9-12-5-6-15(20)14(19)8-12/h2-9H,10H2,1H3/b16-9+. The fourth-order valence-corrected chi connectivity index (χ4v) is 3.62. The fraction of sp³-hybridized carbons (Fsp3) is 0.111. The van der Waals surface area contributed by atoms with Gasteiger partial charge in [-0.25, -0.2) is 4.39 Å². The van der Waals surface area contributed by atoms with E-state index in [2.05, 4.69) is 15.9 Å². The van der Waals surface area contributed by atoms with Crippen LogP contribution in [0.25, 0.3) is 6.08 Å². The van der Waals surface area contributed by atoms with E-state index in [-0.39, 0.29) is 23.5 Å². The maximum absolute atomic E-state index is 13.3. The van der Waals surface area contributed by atoms with Crippen molar-refractivity contribution in [2.24, 2.45) is 0 Å². The molecule has 3 rings (SSSR count). The highest BCUT2D eigenvalue weighted by Gasteiger charge is 2.34. The summed E-state index contributed by atoms with van der Waals surface area (Å²) in [6.07, 6.45) is 1.60. The Morgan fingerprint density at radius 3 is 2.71 bits per heavy atom. The van der Waals surface area contributed by atoms with Gasteiger partial charge in [-0.05, 0) is 64.0 Å². The molecule has 0 N–H and O–H groups in total. The molecule has 2 aromatic rings. The first-order valence-corrected chi connectivity index (χ1v) is 8.81. The molecule has 24 heavy (non-hydrogen) atoms. The van der Waals surface area contributed by atoms with Gasteiger partial charge in [0, 0.05) is 0 Å². The van der Waals surface area contributed by atoms with Gasteiger partial charge in [0.05, 0.1) is 15.9 Å². The Labute approximate surface area is 151 Å². The summed E-state index contributed by atoms with van der Waals surface area (Å²) in [5.74, 6) is -0.702. The van der Waals surface area contributed by atoms with E-state index in [1.54, 1.807) is 18.2 Å². The number of nitrogens with zero attached hydrogens (tertiary/aromatic N) is 1. The number of halogens is 2. The first-order valence-electron chi connectivity index (χ1n) is 7.20. The highest BCUT2D eigenvalue weighted by molar-refractivity contribution is 9.10. The molecule has 3 nitrogen and oxygen atoms in total. The van der Waals surface area contributed by atoms with E-state index < -0.39 is 0 Å². The molecule has 1 fully saturated rings. The van der Waals surface area contributed by atoms with Gasteiger partial charge >= 0.3 is 0 Å². The Hall–Kier alpha value is -1.92. The van der Waals surface area contributed by atoms with Crippen molar-refractivity contribution in [2.75, 3.05) is 0 Å². The summed E-state index contributed by atoms with van der Waals surface area (Å²) in [5.41, 5.74) is 2.64. The van der Waals surface area contributed by atoms with Crippen LogP contribution in [0.3, 0.4) is 0 Å². The van der Waals surface area contributed by atoms with Gasteiger partial charge in [0.1, 0.15) is 5.82 Å². The molecule has 2 amide bonds. The predicted octanol–water partition coefficient (Wildman–Crippen LogP) is 5.13. The second-order valence-electron chi connectivity index (χ2n) is 5.43. The normalized spacial score (nSPS) is 16.3. The van der Waals surface area contributed by atoms with Gasteiger partial charge in [0.25, 0.3) is 11.1 Å². The number of rotatable bonds is 3. The van der Waals surface area contributed by atoms with Crippen molar-refractivity contribution in [3.8, 4) is 0 Å². The van der Waals surface area contributed by atoms with Gasteiger partial charge in [-0.1, -0.05) is 35.9 Å². The van der Waals surface area contributed by atoms with Crippen LogP contribution in [0.1, 0.15) is 16.7 Å². The first-order chi connectivity index (χ1) is 11.4. The molecule has 0 spiro atoms. The molecular weight excluding hydrogens is 393 g/mol. The number of hydrogen-bond donors (Lipinski definition) is 0. The molecule has 0 aromatic heterocycles. The number of amides is 2. The molecule has 0 unspecified atom stereocenters. The van der Waals surface area contributed by atoms with E-state index in [9.17, 15) is 14.0 Å². The minimum Gasteiger partial charge on any atom is -0.268 e. The number of hydrogen-bond acceptors (Lipinski definition) is 3.